The molecule has 0 aliphatic rings. The van der Waals surface area contributed by atoms with Gasteiger partial charge in [-0.25, -0.2) is 9.59 Å². The highest BCUT2D eigenvalue weighted by molar-refractivity contribution is 7.87. The third kappa shape index (κ3) is 8.88. The number of carbonyl (C=O) groups excluding carboxylic acids is 2. The third-order valence-corrected chi connectivity index (χ3v) is 8.34. The van der Waals surface area contributed by atoms with Crippen molar-refractivity contribution in [2.75, 3.05) is 21.3 Å². The van der Waals surface area contributed by atoms with Gasteiger partial charge in [-0.3, -0.25) is 0 Å². The van der Waals surface area contributed by atoms with E-state index >= 15 is 0 Å². The fourth-order valence-electron chi connectivity index (χ4n) is 2.91. The van der Waals surface area contributed by atoms with Crippen molar-refractivity contribution < 1.29 is 34.8 Å². The lowest BCUT2D eigenvalue weighted by atomic mass is 10.2. The summed E-state index contributed by atoms with van der Waals surface area (Å²) in [7, 11) is -7.46. The smallest absolute Gasteiger partial charge is 0.323 e. The maximum absolute atomic E-state index is 12.4. The van der Waals surface area contributed by atoms with E-state index in [0.29, 0.717) is 22.7 Å². The Morgan fingerprint density at radius 2 is 0.875 bits per heavy atom. The molecule has 0 saturated carbocycles. The van der Waals surface area contributed by atoms with Crippen LogP contribution in [0.25, 0.3) is 0 Å². The van der Waals surface area contributed by atoms with Gasteiger partial charge in [0.25, 0.3) is 0 Å². The van der Waals surface area contributed by atoms with E-state index in [1.165, 1.54) is 76.2 Å². The first-order valence-corrected chi connectivity index (χ1v) is 15.0. The second kappa shape index (κ2) is 12.7. The van der Waals surface area contributed by atoms with E-state index in [2.05, 4.69) is 21.3 Å². The molecule has 4 amide bonds. The van der Waals surface area contributed by atoms with Crippen LogP contribution in [0, 0.1) is 0 Å². The first kappa shape index (κ1) is 30.2. The molecule has 0 fully saturated rings. The fraction of sp³-hybridized carbons (Fsp3) is 0.231. The standard InChI is InChI=1S/C26H30N4O8S2/c1-17(2)39(33,34)37-23-12-8-19(9-13-23)27-25(31)29-21-6-5-7-22(16-21)30-26(32)28-20-10-14-24(15-11-20)38-40(35,36)18(3)4/h5-18H,1-4H3,(H2,27,29,31)(H2,28,30,32). The molecular formula is C26H30N4O8S2. The molecule has 0 atom stereocenters. The van der Waals surface area contributed by atoms with Crippen LogP contribution in [0.5, 0.6) is 11.5 Å². The van der Waals surface area contributed by atoms with E-state index in [4.69, 9.17) is 8.37 Å². The quantitative estimate of drug-likeness (QED) is 0.233. The number of hydrogen-bond acceptors (Lipinski definition) is 8. The molecule has 12 nitrogen and oxygen atoms in total. The van der Waals surface area contributed by atoms with E-state index in [0.717, 1.165) is 0 Å². The Balaban J connectivity index is 1.53. The molecule has 214 valence electrons. The van der Waals surface area contributed by atoms with Crippen molar-refractivity contribution in [1.29, 1.82) is 0 Å². The summed E-state index contributed by atoms with van der Waals surface area (Å²) in [6.45, 7) is 6.03. The van der Waals surface area contributed by atoms with Gasteiger partial charge in [-0.2, -0.15) is 16.8 Å². The molecule has 0 aliphatic heterocycles. The first-order chi connectivity index (χ1) is 18.7. The average Bonchev–Trinajstić information content (AvgIpc) is 2.86. The van der Waals surface area contributed by atoms with Gasteiger partial charge in [0.15, 0.2) is 0 Å². The van der Waals surface area contributed by atoms with Crippen LogP contribution in [0.1, 0.15) is 27.7 Å². The summed E-state index contributed by atoms with van der Waals surface area (Å²) in [5.74, 6) is 0.250. The van der Waals surface area contributed by atoms with Gasteiger partial charge in [0.1, 0.15) is 11.5 Å². The molecule has 3 aromatic rings. The van der Waals surface area contributed by atoms with Crippen molar-refractivity contribution in [2.24, 2.45) is 0 Å². The molecule has 0 aromatic heterocycles. The van der Waals surface area contributed by atoms with Gasteiger partial charge in [0.2, 0.25) is 0 Å². The number of rotatable bonds is 10. The van der Waals surface area contributed by atoms with Gasteiger partial charge < -0.3 is 29.6 Å². The lowest BCUT2D eigenvalue weighted by Gasteiger charge is -2.12. The van der Waals surface area contributed by atoms with Crippen LogP contribution >= 0.6 is 0 Å². The molecule has 0 unspecified atom stereocenters. The van der Waals surface area contributed by atoms with Crippen LogP contribution in [0.2, 0.25) is 0 Å². The molecule has 0 saturated heterocycles. The van der Waals surface area contributed by atoms with E-state index in [9.17, 15) is 26.4 Å². The maximum Gasteiger partial charge on any atom is 0.323 e. The van der Waals surface area contributed by atoms with Crippen LogP contribution in [0.3, 0.4) is 0 Å². The Bertz CT molecular complexity index is 1440. The Morgan fingerprint density at radius 1 is 0.550 bits per heavy atom. The highest BCUT2D eigenvalue weighted by Gasteiger charge is 2.19. The van der Waals surface area contributed by atoms with Crippen molar-refractivity contribution >= 4 is 55.0 Å². The fourth-order valence-corrected chi connectivity index (χ4v) is 4.05. The molecule has 0 radical (unpaired) electrons. The number of carbonyl (C=O) groups is 2. The second-order valence-corrected chi connectivity index (χ2v) is 13.2. The zero-order valence-corrected chi connectivity index (χ0v) is 23.8. The first-order valence-electron chi connectivity index (χ1n) is 12.1. The summed E-state index contributed by atoms with van der Waals surface area (Å²) in [5, 5.41) is 9.13. The number of anilines is 4. The Morgan fingerprint density at radius 3 is 1.20 bits per heavy atom. The summed E-state index contributed by atoms with van der Waals surface area (Å²) in [6, 6.07) is 17.0. The van der Waals surface area contributed by atoms with Crippen LogP contribution in [-0.4, -0.2) is 39.4 Å². The lowest BCUT2D eigenvalue weighted by Crippen LogP contribution is -2.21. The number of benzene rings is 3. The van der Waals surface area contributed by atoms with Gasteiger partial charge in [0, 0.05) is 22.7 Å². The minimum atomic E-state index is -3.73. The molecule has 0 spiro atoms. The minimum Gasteiger partial charge on any atom is -0.382 e. The van der Waals surface area contributed by atoms with Gasteiger partial charge in [-0.1, -0.05) is 6.07 Å². The summed E-state index contributed by atoms with van der Waals surface area (Å²) in [4.78, 5) is 24.8. The molecule has 3 rings (SSSR count). The second-order valence-electron chi connectivity index (χ2n) is 9.04. The Hall–Kier alpha value is -4.30. The van der Waals surface area contributed by atoms with Crippen molar-refractivity contribution in [1.82, 2.24) is 0 Å². The van der Waals surface area contributed by atoms with Crippen molar-refractivity contribution in [3.63, 3.8) is 0 Å². The molecule has 40 heavy (non-hydrogen) atoms. The zero-order chi connectivity index (χ0) is 29.5. The molecule has 3 aromatic carbocycles. The van der Waals surface area contributed by atoms with E-state index in [-0.39, 0.29) is 11.5 Å². The van der Waals surface area contributed by atoms with Crippen LogP contribution in [0.4, 0.5) is 32.3 Å². The summed E-state index contributed by atoms with van der Waals surface area (Å²) in [6.07, 6.45) is 0. The SMILES string of the molecule is CC(C)S(=O)(=O)Oc1ccc(NC(=O)Nc2cccc(NC(=O)Nc3ccc(OS(=O)(=O)C(C)C)cc3)c2)cc1. The van der Waals surface area contributed by atoms with Crippen LogP contribution < -0.4 is 29.6 Å². The maximum atomic E-state index is 12.4. The average molecular weight is 591 g/mol. The Labute approximate surface area is 233 Å². The molecule has 0 aliphatic carbocycles. The minimum absolute atomic E-state index is 0.125. The van der Waals surface area contributed by atoms with Gasteiger partial charge in [0.05, 0.1) is 10.5 Å². The predicted octanol–water partition coefficient (Wildman–Crippen LogP) is 5.21. The van der Waals surface area contributed by atoms with Crippen LogP contribution in [-0.2, 0) is 20.2 Å². The van der Waals surface area contributed by atoms with Gasteiger partial charge in [-0.15, -0.1) is 0 Å². The van der Waals surface area contributed by atoms with Crippen molar-refractivity contribution in [2.45, 2.75) is 38.2 Å². The number of urea groups is 2. The third-order valence-electron chi connectivity index (χ3n) is 5.18. The van der Waals surface area contributed by atoms with Crippen molar-refractivity contribution in [3.8, 4) is 11.5 Å². The highest BCUT2D eigenvalue weighted by atomic mass is 32.2. The summed E-state index contributed by atoms with van der Waals surface area (Å²) in [5.41, 5.74) is 1.59. The molecule has 4 N–H and O–H groups in total. The number of nitrogens with one attached hydrogen (secondary N) is 4. The highest BCUT2D eigenvalue weighted by Crippen LogP contribution is 2.21. The lowest BCUT2D eigenvalue weighted by molar-refractivity contribution is 0.261. The normalized spacial score (nSPS) is 11.6. The number of hydrogen-bond donors (Lipinski definition) is 4. The molecule has 0 bridgehead atoms. The van der Waals surface area contributed by atoms with Crippen molar-refractivity contribution in [3.05, 3.63) is 72.8 Å². The largest absolute Gasteiger partial charge is 0.382 e. The topological polar surface area (TPSA) is 169 Å². The molecule has 14 heteroatoms. The summed E-state index contributed by atoms with van der Waals surface area (Å²) >= 11 is 0. The molecule has 0 heterocycles. The Kier molecular flexibility index (Phi) is 9.60. The van der Waals surface area contributed by atoms with Gasteiger partial charge in [-0.05, 0) is 94.4 Å². The van der Waals surface area contributed by atoms with Crippen LogP contribution in [0.15, 0.2) is 72.8 Å². The van der Waals surface area contributed by atoms with E-state index < -0.39 is 42.8 Å². The van der Waals surface area contributed by atoms with Gasteiger partial charge >= 0.3 is 32.3 Å². The van der Waals surface area contributed by atoms with E-state index in [1.54, 1.807) is 24.3 Å². The number of amides is 4. The monoisotopic (exact) mass is 590 g/mol. The molecular weight excluding hydrogens is 560 g/mol. The van der Waals surface area contributed by atoms with E-state index in [1.807, 2.05) is 0 Å². The summed E-state index contributed by atoms with van der Waals surface area (Å²) < 4.78 is 57.5. The predicted molar refractivity (Wildman–Crippen MR) is 154 cm³/mol. The zero-order valence-electron chi connectivity index (χ0n) is 22.2.